The molecular formula is C11H9ClN2O. The van der Waals surface area contributed by atoms with Crippen LogP contribution < -0.4 is 11.1 Å². The molecule has 2 rings (SSSR count). The summed E-state index contributed by atoms with van der Waals surface area (Å²) >= 11 is 6.02. The molecule has 0 atom stereocenters. The first kappa shape index (κ1) is 9.80. The van der Waals surface area contributed by atoms with Crippen LogP contribution in [0, 0.1) is 0 Å². The molecule has 2 aromatic carbocycles. The largest absolute Gasteiger partial charge is 0.351 e. The highest BCUT2D eigenvalue weighted by Gasteiger charge is 2.04. The minimum atomic E-state index is -0.581. The summed E-state index contributed by atoms with van der Waals surface area (Å²) < 4.78 is 0. The Morgan fingerprint density at radius 2 is 1.80 bits per heavy atom. The number of halogens is 1. The van der Waals surface area contributed by atoms with Crippen LogP contribution in [0.4, 0.5) is 10.5 Å². The summed E-state index contributed by atoms with van der Waals surface area (Å²) in [6.07, 6.45) is 0. The average molecular weight is 221 g/mol. The Morgan fingerprint density at radius 1 is 1.13 bits per heavy atom. The monoisotopic (exact) mass is 220 g/mol. The molecule has 0 aliphatic rings. The standard InChI is InChI=1S/C11H9ClN2O/c12-9-5-6-10(14-11(13)15)8-4-2-1-3-7(8)9/h1-6H,(H3,13,14,15). The molecule has 0 saturated carbocycles. The molecular weight excluding hydrogens is 212 g/mol. The fourth-order valence-corrected chi connectivity index (χ4v) is 1.73. The maximum Gasteiger partial charge on any atom is 0.316 e. The van der Waals surface area contributed by atoms with Crippen LogP contribution >= 0.6 is 11.6 Å². The van der Waals surface area contributed by atoms with Crippen LogP contribution in [-0.4, -0.2) is 6.03 Å². The Morgan fingerprint density at radius 3 is 2.47 bits per heavy atom. The van der Waals surface area contributed by atoms with Crippen LogP contribution in [0.15, 0.2) is 36.4 Å². The lowest BCUT2D eigenvalue weighted by Gasteiger charge is -2.07. The predicted octanol–water partition coefficient (Wildman–Crippen LogP) is 2.98. The van der Waals surface area contributed by atoms with E-state index in [1.165, 1.54) is 0 Å². The van der Waals surface area contributed by atoms with E-state index in [-0.39, 0.29) is 0 Å². The maximum absolute atomic E-state index is 10.8. The molecule has 0 heterocycles. The van der Waals surface area contributed by atoms with Crippen molar-refractivity contribution >= 4 is 34.1 Å². The van der Waals surface area contributed by atoms with Gasteiger partial charge in [-0.15, -0.1) is 0 Å². The Hall–Kier alpha value is -1.74. The number of fused-ring (bicyclic) bond motifs is 1. The molecule has 0 aliphatic carbocycles. The fourth-order valence-electron chi connectivity index (χ4n) is 1.50. The minimum absolute atomic E-state index is 0.581. The average Bonchev–Trinajstić information content (AvgIpc) is 2.22. The second-order valence-electron chi connectivity index (χ2n) is 3.13. The molecule has 0 radical (unpaired) electrons. The molecule has 0 bridgehead atoms. The second-order valence-corrected chi connectivity index (χ2v) is 3.54. The molecule has 0 spiro atoms. The van der Waals surface area contributed by atoms with Gasteiger partial charge in [0.25, 0.3) is 0 Å². The third-order valence-electron chi connectivity index (χ3n) is 2.13. The first-order valence-corrected chi connectivity index (χ1v) is 4.80. The van der Waals surface area contributed by atoms with E-state index in [0.29, 0.717) is 10.7 Å². The molecule has 0 saturated heterocycles. The second kappa shape index (κ2) is 3.79. The van der Waals surface area contributed by atoms with Gasteiger partial charge in [0.05, 0.1) is 5.69 Å². The van der Waals surface area contributed by atoms with Crippen LogP contribution in [0.3, 0.4) is 0 Å². The number of benzene rings is 2. The lowest BCUT2D eigenvalue weighted by molar-refractivity contribution is 0.259. The van der Waals surface area contributed by atoms with Crippen molar-refractivity contribution in [1.29, 1.82) is 0 Å². The lowest BCUT2D eigenvalue weighted by atomic mass is 10.1. The summed E-state index contributed by atoms with van der Waals surface area (Å²) in [5, 5.41) is 4.98. The van der Waals surface area contributed by atoms with Crippen molar-refractivity contribution in [3.63, 3.8) is 0 Å². The van der Waals surface area contributed by atoms with Crippen molar-refractivity contribution in [3.8, 4) is 0 Å². The summed E-state index contributed by atoms with van der Waals surface area (Å²) in [5.41, 5.74) is 5.74. The van der Waals surface area contributed by atoms with Crippen molar-refractivity contribution < 1.29 is 4.79 Å². The molecule has 2 aromatic rings. The Kier molecular flexibility index (Phi) is 2.47. The van der Waals surface area contributed by atoms with Crippen molar-refractivity contribution in [1.82, 2.24) is 0 Å². The number of hydrogen-bond donors (Lipinski definition) is 2. The van der Waals surface area contributed by atoms with E-state index in [1.54, 1.807) is 12.1 Å². The summed E-state index contributed by atoms with van der Waals surface area (Å²) in [7, 11) is 0. The summed E-state index contributed by atoms with van der Waals surface area (Å²) in [4.78, 5) is 10.8. The highest BCUT2D eigenvalue weighted by molar-refractivity contribution is 6.36. The summed E-state index contributed by atoms with van der Waals surface area (Å²) in [6.45, 7) is 0. The topological polar surface area (TPSA) is 55.1 Å². The van der Waals surface area contributed by atoms with Gasteiger partial charge in [0.1, 0.15) is 0 Å². The van der Waals surface area contributed by atoms with Gasteiger partial charge < -0.3 is 11.1 Å². The number of carbonyl (C=O) groups excluding carboxylic acids is 1. The third kappa shape index (κ3) is 1.87. The van der Waals surface area contributed by atoms with Crippen LogP contribution in [0.25, 0.3) is 10.8 Å². The summed E-state index contributed by atoms with van der Waals surface area (Å²) in [6, 6.07) is 10.4. The van der Waals surface area contributed by atoms with E-state index in [2.05, 4.69) is 5.32 Å². The van der Waals surface area contributed by atoms with E-state index >= 15 is 0 Å². The predicted molar refractivity (Wildman–Crippen MR) is 62.2 cm³/mol. The van der Waals surface area contributed by atoms with E-state index in [4.69, 9.17) is 17.3 Å². The highest BCUT2D eigenvalue weighted by Crippen LogP contribution is 2.29. The Bertz CT molecular complexity index is 525. The van der Waals surface area contributed by atoms with Crippen molar-refractivity contribution in [2.45, 2.75) is 0 Å². The van der Waals surface area contributed by atoms with E-state index < -0.39 is 6.03 Å². The molecule has 4 heteroatoms. The van der Waals surface area contributed by atoms with Crippen LogP contribution in [0.2, 0.25) is 5.02 Å². The van der Waals surface area contributed by atoms with Gasteiger partial charge in [-0.2, -0.15) is 0 Å². The number of hydrogen-bond acceptors (Lipinski definition) is 1. The third-order valence-corrected chi connectivity index (χ3v) is 2.46. The van der Waals surface area contributed by atoms with Crippen LogP contribution in [0.5, 0.6) is 0 Å². The summed E-state index contributed by atoms with van der Waals surface area (Å²) in [5.74, 6) is 0. The molecule has 0 aliphatic heterocycles. The van der Waals surface area contributed by atoms with Gasteiger partial charge in [-0.25, -0.2) is 4.79 Å². The van der Waals surface area contributed by atoms with Gasteiger partial charge in [-0.3, -0.25) is 0 Å². The Labute approximate surface area is 91.8 Å². The number of amides is 2. The van der Waals surface area contributed by atoms with Crippen molar-refractivity contribution in [3.05, 3.63) is 41.4 Å². The van der Waals surface area contributed by atoms with Crippen LogP contribution in [-0.2, 0) is 0 Å². The van der Waals surface area contributed by atoms with E-state index in [0.717, 1.165) is 10.8 Å². The molecule has 3 N–H and O–H groups in total. The van der Waals surface area contributed by atoms with Gasteiger partial charge in [-0.1, -0.05) is 35.9 Å². The molecule has 0 unspecified atom stereocenters. The number of urea groups is 1. The lowest BCUT2D eigenvalue weighted by Crippen LogP contribution is -2.19. The smallest absolute Gasteiger partial charge is 0.316 e. The zero-order valence-corrected chi connectivity index (χ0v) is 8.58. The fraction of sp³-hybridized carbons (Fsp3) is 0. The number of nitrogens with one attached hydrogen (secondary N) is 1. The number of primary amides is 1. The van der Waals surface area contributed by atoms with Crippen molar-refractivity contribution in [2.75, 3.05) is 5.32 Å². The van der Waals surface area contributed by atoms with Gasteiger partial charge in [0.15, 0.2) is 0 Å². The minimum Gasteiger partial charge on any atom is -0.351 e. The van der Waals surface area contributed by atoms with Crippen LogP contribution in [0.1, 0.15) is 0 Å². The number of carbonyl (C=O) groups is 1. The normalized spacial score (nSPS) is 10.2. The SMILES string of the molecule is NC(=O)Nc1ccc(Cl)c2ccccc12. The first-order chi connectivity index (χ1) is 7.18. The zero-order valence-electron chi connectivity index (χ0n) is 7.83. The quantitative estimate of drug-likeness (QED) is 0.763. The molecule has 3 nitrogen and oxygen atoms in total. The zero-order chi connectivity index (χ0) is 10.8. The number of nitrogens with two attached hydrogens (primary N) is 1. The molecule has 0 fully saturated rings. The molecule has 0 aromatic heterocycles. The number of rotatable bonds is 1. The van der Waals surface area contributed by atoms with E-state index in [1.807, 2.05) is 24.3 Å². The van der Waals surface area contributed by atoms with Gasteiger partial charge in [0.2, 0.25) is 0 Å². The van der Waals surface area contributed by atoms with Gasteiger partial charge >= 0.3 is 6.03 Å². The van der Waals surface area contributed by atoms with Gasteiger partial charge in [-0.05, 0) is 12.1 Å². The Balaban J connectivity index is 2.66. The molecule has 76 valence electrons. The van der Waals surface area contributed by atoms with Gasteiger partial charge in [0, 0.05) is 15.8 Å². The molecule has 2 amide bonds. The van der Waals surface area contributed by atoms with E-state index in [9.17, 15) is 4.79 Å². The molecule has 15 heavy (non-hydrogen) atoms. The highest BCUT2D eigenvalue weighted by atomic mass is 35.5. The number of anilines is 1. The van der Waals surface area contributed by atoms with Crippen molar-refractivity contribution in [2.24, 2.45) is 5.73 Å². The first-order valence-electron chi connectivity index (χ1n) is 4.42. The maximum atomic E-state index is 10.8.